The molecule has 27 heavy (non-hydrogen) atoms. The standard InChI is InChI=1S/C24H32N2O/c1-21-7-17-8-23(12-21,18-5-3-2-4-6-18)14-24(9-17,13-21)20(27)26-19-10-22(11-19)15-25-16-22/h2-6,17,19,25H,7-16H2,1H3,(H,26,27). The lowest BCUT2D eigenvalue weighted by atomic mass is 9.38. The maximum Gasteiger partial charge on any atom is 0.226 e. The molecule has 2 N–H and O–H groups in total. The first-order chi connectivity index (χ1) is 12.9. The van der Waals surface area contributed by atoms with Crippen molar-refractivity contribution < 1.29 is 4.79 Å². The van der Waals surface area contributed by atoms with Gasteiger partial charge in [-0.2, -0.15) is 0 Å². The number of carbonyl (C=O) groups is 1. The van der Waals surface area contributed by atoms with E-state index in [-0.39, 0.29) is 10.8 Å². The molecule has 1 aromatic carbocycles. The third-order valence-electron chi connectivity index (χ3n) is 8.91. The van der Waals surface area contributed by atoms with Crippen molar-refractivity contribution >= 4 is 5.91 Å². The Labute approximate surface area is 162 Å². The molecule has 5 saturated carbocycles. The molecule has 1 saturated heterocycles. The summed E-state index contributed by atoms with van der Waals surface area (Å²) in [5.74, 6) is 1.12. The van der Waals surface area contributed by atoms with Gasteiger partial charge in [0, 0.05) is 19.1 Å². The number of rotatable bonds is 3. The summed E-state index contributed by atoms with van der Waals surface area (Å²) in [5.41, 5.74) is 2.46. The smallest absolute Gasteiger partial charge is 0.226 e. The largest absolute Gasteiger partial charge is 0.353 e. The zero-order valence-corrected chi connectivity index (χ0v) is 16.5. The summed E-state index contributed by atoms with van der Waals surface area (Å²) in [4.78, 5) is 13.6. The van der Waals surface area contributed by atoms with E-state index in [2.05, 4.69) is 47.9 Å². The summed E-state index contributed by atoms with van der Waals surface area (Å²) in [6.45, 7) is 4.78. The molecular formula is C24H32N2O. The van der Waals surface area contributed by atoms with Crippen molar-refractivity contribution in [2.45, 2.75) is 69.7 Å². The fraction of sp³-hybridized carbons (Fsp3) is 0.708. The summed E-state index contributed by atoms with van der Waals surface area (Å²) >= 11 is 0. The quantitative estimate of drug-likeness (QED) is 0.857. The predicted molar refractivity (Wildman–Crippen MR) is 106 cm³/mol. The average Bonchev–Trinajstić information content (AvgIpc) is 2.54. The van der Waals surface area contributed by atoms with Crippen LogP contribution in [0.2, 0.25) is 0 Å². The van der Waals surface area contributed by atoms with E-state index in [0.717, 1.165) is 38.3 Å². The van der Waals surface area contributed by atoms with Crippen LogP contribution in [0.5, 0.6) is 0 Å². The molecule has 1 heterocycles. The second-order valence-corrected chi connectivity index (χ2v) is 11.4. The highest BCUT2D eigenvalue weighted by atomic mass is 16.2. The summed E-state index contributed by atoms with van der Waals surface area (Å²) in [5, 5.41) is 6.92. The van der Waals surface area contributed by atoms with Gasteiger partial charge in [0.1, 0.15) is 0 Å². The van der Waals surface area contributed by atoms with Crippen LogP contribution in [0.25, 0.3) is 0 Å². The molecule has 0 radical (unpaired) electrons. The van der Waals surface area contributed by atoms with Crippen LogP contribution in [0.1, 0.15) is 63.9 Å². The summed E-state index contributed by atoms with van der Waals surface area (Å²) in [7, 11) is 0. The Kier molecular flexibility index (Phi) is 3.18. The molecule has 1 aromatic rings. The molecule has 7 rings (SSSR count). The van der Waals surface area contributed by atoms with Crippen LogP contribution in [0.3, 0.4) is 0 Å². The van der Waals surface area contributed by atoms with Crippen molar-refractivity contribution in [2.24, 2.45) is 22.2 Å². The predicted octanol–water partition coefficient (Wildman–Crippen LogP) is 3.78. The monoisotopic (exact) mass is 364 g/mol. The SMILES string of the molecule is CC12CC3CC(C(=O)NC4CC5(CNC5)C4)(C1)CC(c1ccccc1)(C3)C2. The zero-order valence-electron chi connectivity index (χ0n) is 16.5. The third kappa shape index (κ3) is 2.33. The Morgan fingerprint density at radius 3 is 2.44 bits per heavy atom. The number of carbonyl (C=O) groups excluding carboxylic acids is 1. The summed E-state index contributed by atoms with van der Waals surface area (Å²) in [6, 6.07) is 11.6. The molecule has 4 atom stereocenters. The lowest BCUT2D eigenvalue weighted by Crippen LogP contribution is -2.67. The van der Waals surface area contributed by atoms with Gasteiger partial charge in [-0.25, -0.2) is 0 Å². The third-order valence-corrected chi connectivity index (χ3v) is 8.91. The number of nitrogens with one attached hydrogen (secondary N) is 2. The van der Waals surface area contributed by atoms with Crippen molar-refractivity contribution in [1.82, 2.24) is 10.6 Å². The normalized spacial score (nSPS) is 44.0. The van der Waals surface area contributed by atoms with Gasteiger partial charge in [-0.15, -0.1) is 0 Å². The Bertz CT molecular complexity index is 779. The van der Waals surface area contributed by atoms with Gasteiger partial charge in [-0.05, 0) is 79.1 Å². The Morgan fingerprint density at radius 2 is 1.78 bits per heavy atom. The highest BCUT2D eigenvalue weighted by molar-refractivity contribution is 5.84. The second kappa shape index (κ2) is 5.17. The van der Waals surface area contributed by atoms with Gasteiger partial charge in [0.15, 0.2) is 0 Å². The van der Waals surface area contributed by atoms with Gasteiger partial charge in [0.05, 0.1) is 5.41 Å². The first-order valence-electron chi connectivity index (χ1n) is 11.0. The number of amides is 1. The van der Waals surface area contributed by atoms with E-state index in [1.807, 2.05) is 0 Å². The molecule has 6 fully saturated rings. The van der Waals surface area contributed by atoms with E-state index < -0.39 is 0 Å². The lowest BCUT2D eigenvalue weighted by molar-refractivity contribution is -0.162. The first kappa shape index (κ1) is 16.6. The molecule has 6 aliphatic rings. The number of hydrogen-bond acceptors (Lipinski definition) is 2. The molecule has 5 aliphatic carbocycles. The molecule has 3 heteroatoms. The molecule has 1 aliphatic heterocycles. The molecule has 4 unspecified atom stereocenters. The van der Waals surface area contributed by atoms with Crippen LogP contribution in [0.15, 0.2) is 30.3 Å². The molecule has 3 nitrogen and oxygen atoms in total. The Hall–Kier alpha value is -1.35. The van der Waals surface area contributed by atoms with Crippen LogP contribution < -0.4 is 10.6 Å². The van der Waals surface area contributed by atoms with Gasteiger partial charge in [0.2, 0.25) is 5.91 Å². The van der Waals surface area contributed by atoms with E-state index in [1.165, 1.54) is 37.7 Å². The Morgan fingerprint density at radius 1 is 1.00 bits per heavy atom. The van der Waals surface area contributed by atoms with Crippen LogP contribution in [0.4, 0.5) is 0 Å². The number of benzene rings is 1. The maximum absolute atomic E-state index is 13.6. The van der Waals surface area contributed by atoms with Gasteiger partial charge < -0.3 is 10.6 Å². The first-order valence-corrected chi connectivity index (χ1v) is 11.0. The zero-order chi connectivity index (χ0) is 18.3. The van der Waals surface area contributed by atoms with Crippen LogP contribution in [-0.4, -0.2) is 25.0 Å². The second-order valence-electron chi connectivity index (χ2n) is 11.4. The van der Waals surface area contributed by atoms with Crippen LogP contribution in [0, 0.1) is 22.2 Å². The number of hydrogen-bond donors (Lipinski definition) is 2. The van der Waals surface area contributed by atoms with Crippen molar-refractivity contribution in [3.63, 3.8) is 0 Å². The van der Waals surface area contributed by atoms with E-state index in [1.54, 1.807) is 0 Å². The fourth-order valence-electron chi connectivity index (χ4n) is 8.48. The van der Waals surface area contributed by atoms with Gasteiger partial charge >= 0.3 is 0 Å². The van der Waals surface area contributed by atoms with Crippen molar-refractivity contribution in [3.8, 4) is 0 Å². The van der Waals surface area contributed by atoms with E-state index in [0.29, 0.717) is 22.8 Å². The van der Waals surface area contributed by atoms with Crippen molar-refractivity contribution in [1.29, 1.82) is 0 Å². The van der Waals surface area contributed by atoms with Gasteiger partial charge in [-0.3, -0.25) is 4.79 Å². The van der Waals surface area contributed by atoms with Gasteiger partial charge in [-0.1, -0.05) is 37.3 Å². The minimum atomic E-state index is -0.120. The molecule has 4 bridgehead atoms. The van der Waals surface area contributed by atoms with Crippen LogP contribution in [-0.2, 0) is 10.2 Å². The van der Waals surface area contributed by atoms with Crippen molar-refractivity contribution in [2.75, 3.05) is 13.1 Å². The molecule has 1 amide bonds. The summed E-state index contributed by atoms with van der Waals surface area (Å²) < 4.78 is 0. The minimum absolute atomic E-state index is 0.120. The minimum Gasteiger partial charge on any atom is -0.353 e. The lowest BCUT2D eigenvalue weighted by Gasteiger charge is -2.66. The van der Waals surface area contributed by atoms with E-state index >= 15 is 0 Å². The topological polar surface area (TPSA) is 41.1 Å². The average molecular weight is 365 g/mol. The Balaban J connectivity index is 1.28. The van der Waals surface area contributed by atoms with Crippen molar-refractivity contribution in [3.05, 3.63) is 35.9 Å². The van der Waals surface area contributed by atoms with Crippen LogP contribution >= 0.6 is 0 Å². The highest BCUT2D eigenvalue weighted by Crippen LogP contribution is 2.70. The van der Waals surface area contributed by atoms with E-state index in [9.17, 15) is 4.79 Å². The molecule has 0 aromatic heterocycles. The molecule has 1 spiro atoms. The maximum atomic E-state index is 13.6. The van der Waals surface area contributed by atoms with Gasteiger partial charge in [0.25, 0.3) is 0 Å². The summed E-state index contributed by atoms with van der Waals surface area (Å²) in [6.07, 6.45) is 9.57. The van der Waals surface area contributed by atoms with E-state index in [4.69, 9.17) is 0 Å². The highest BCUT2D eigenvalue weighted by Gasteiger charge is 2.65. The molecular weight excluding hydrogens is 332 g/mol. The molecule has 144 valence electrons. The fourth-order valence-corrected chi connectivity index (χ4v) is 8.48.